The van der Waals surface area contributed by atoms with Crippen molar-refractivity contribution in [1.82, 2.24) is 9.55 Å². The standard InChI is InChI=1S/C22H13F3N2O3/c23-14-7-19(24)18(20(25)8-14)10-27-12-26-22(29)17-9-16(5-6-21(17)27)30-15-3-1-13(11-28)2-4-15/h1-9,11-12H,10H2. The molecule has 0 spiro atoms. The van der Waals surface area contributed by atoms with E-state index in [9.17, 15) is 22.8 Å². The Morgan fingerprint density at radius 2 is 1.60 bits per heavy atom. The molecule has 0 radical (unpaired) electrons. The number of aromatic nitrogens is 2. The molecule has 8 heteroatoms. The number of hydrogen-bond donors (Lipinski definition) is 0. The first-order chi connectivity index (χ1) is 14.4. The number of ether oxygens (including phenoxy) is 1. The molecule has 0 saturated carbocycles. The van der Waals surface area contributed by atoms with Crippen molar-refractivity contribution in [3.05, 3.63) is 99.9 Å². The second-order valence-electron chi connectivity index (χ2n) is 6.49. The molecule has 1 heterocycles. The van der Waals surface area contributed by atoms with Crippen LogP contribution in [0.2, 0.25) is 0 Å². The van der Waals surface area contributed by atoms with Crippen molar-refractivity contribution in [3.8, 4) is 11.5 Å². The van der Waals surface area contributed by atoms with Crippen molar-refractivity contribution in [1.29, 1.82) is 0 Å². The molecule has 0 aliphatic carbocycles. The van der Waals surface area contributed by atoms with E-state index in [-0.39, 0.29) is 17.5 Å². The number of nitrogens with zero attached hydrogens (tertiary/aromatic N) is 2. The zero-order valence-electron chi connectivity index (χ0n) is 15.3. The molecule has 0 N–H and O–H groups in total. The van der Waals surface area contributed by atoms with Crippen molar-refractivity contribution in [2.24, 2.45) is 0 Å². The van der Waals surface area contributed by atoms with E-state index in [1.807, 2.05) is 0 Å². The molecule has 0 amide bonds. The van der Waals surface area contributed by atoms with Crippen LogP contribution in [-0.4, -0.2) is 15.8 Å². The minimum Gasteiger partial charge on any atom is -0.457 e. The van der Waals surface area contributed by atoms with Crippen molar-refractivity contribution >= 4 is 17.2 Å². The summed E-state index contributed by atoms with van der Waals surface area (Å²) in [6.07, 6.45) is 1.88. The number of rotatable bonds is 5. The SMILES string of the molecule is O=Cc1ccc(Oc2ccc3c(c2)c(=O)ncn3Cc2c(F)cc(F)cc2F)cc1. The first kappa shape index (κ1) is 19.4. The molecule has 0 atom stereocenters. The highest BCUT2D eigenvalue weighted by Crippen LogP contribution is 2.25. The molecule has 0 aliphatic rings. The van der Waals surface area contributed by atoms with E-state index in [4.69, 9.17) is 4.74 Å². The van der Waals surface area contributed by atoms with Crippen LogP contribution in [-0.2, 0) is 6.54 Å². The quantitative estimate of drug-likeness (QED) is 0.456. The van der Waals surface area contributed by atoms with Gasteiger partial charge in [0.2, 0.25) is 0 Å². The number of carbonyl (C=O) groups excluding carboxylic acids is 1. The number of fused-ring (bicyclic) bond motifs is 1. The van der Waals surface area contributed by atoms with Gasteiger partial charge in [-0.3, -0.25) is 9.59 Å². The number of benzene rings is 3. The maximum Gasteiger partial charge on any atom is 0.280 e. The zero-order valence-corrected chi connectivity index (χ0v) is 15.3. The third-order valence-corrected chi connectivity index (χ3v) is 4.51. The van der Waals surface area contributed by atoms with Crippen LogP contribution < -0.4 is 10.3 Å². The van der Waals surface area contributed by atoms with Gasteiger partial charge in [0, 0.05) is 23.3 Å². The molecule has 4 rings (SSSR count). The van der Waals surface area contributed by atoms with E-state index in [1.165, 1.54) is 17.0 Å². The molecule has 3 aromatic carbocycles. The summed E-state index contributed by atoms with van der Waals surface area (Å²) >= 11 is 0. The van der Waals surface area contributed by atoms with Crippen molar-refractivity contribution in [3.63, 3.8) is 0 Å². The normalized spacial score (nSPS) is 10.9. The van der Waals surface area contributed by atoms with Crippen LogP contribution in [0, 0.1) is 17.5 Å². The summed E-state index contributed by atoms with van der Waals surface area (Å²) in [5.41, 5.74) is -0.0169. The van der Waals surface area contributed by atoms with Crippen molar-refractivity contribution in [2.45, 2.75) is 6.54 Å². The average molecular weight is 410 g/mol. The van der Waals surface area contributed by atoms with Crippen LogP contribution in [0.5, 0.6) is 11.5 Å². The van der Waals surface area contributed by atoms with E-state index >= 15 is 0 Å². The Morgan fingerprint density at radius 1 is 0.933 bits per heavy atom. The zero-order chi connectivity index (χ0) is 21.3. The van der Waals surface area contributed by atoms with E-state index in [1.54, 1.807) is 36.4 Å². The predicted molar refractivity (Wildman–Crippen MR) is 103 cm³/mol. The van der Waals surface area contributed by atoms with Crippen LogP contribution >= 0.6 is 0 Å². The van der Waals surface area contributed by atoms with E-state index in [2.05, 4.69) is 4.98 Å². The first-order valence-corrected chi connectivity index (χ1v) is 8.80. The van der Waals surface area contributed by atoms with Crippen LogP contribution in [0.4, 0.5) is 13.2 Å². The molecule has 1 aromatic heterocycles. The number of aldehydes is 1. The third-order valence-electron chi connectivity index (χ3n) is 4.51. The Labute approximate surface area is 168 Å². The van der Waals surface area contributed by atoms with Gasteiger partial charge in [-0.05, 0) is 42.5 Å². The van der Waals surface area contributed by atoms with Crippen LogP contribution in [0.1, 0.15) is 15.9 Å². The summed E-state index contributed by atoms with van der Waals surface area (Å²) in [6.45, 7) is -0.283. The monoisotopic (exact) mass is 410 g/mol. The smallest absolute Gasteiger partial charge is 0.280 e. The minimum absolute atomic E-state index is 0.183. The van der Waals surface area contributed by atoms with E-state index in [0.29, 0.717) is 41.0 Å². The second kappa shape index (κ2) is 7.82. The fourth-order valence-electron chi connectivity index (χ4n) is 3.02. The minimum atomic E-state index is -1.03. The lowest BCUT2D eigenvalue weighted by molar-refractivity contribution is 0.112. The van der Waals surface area contributed by atoms with Gasteiger partial charge in [0.05, 0.1) is 23.8 Å². The first-order valence-electron chi connectivity index (χ1n) is 8.80. The fourth-order valence-corrected chi connectivity index (χ4v) is 3.02. The Morgan fingerprint density at radius 3 is 2.27 bits per heavy atom. The van der Waals surface area contributed by atoms with Gasteiger partial charge in [0.25, 0.3) is 5.56 Å². The maximum absolute atomic E-state index is 14.0. The summed E-state index contributed by atoms with van der Waals surface area (Å²) in [5.74, 6) is -2.27. The molecular weight excluding hydrogens is 397 g/mol. The molecule has 0 saturated heterocycles. The lowest BCUT2D eigenvalue weighted by atomic mass is 10.1. The molecular formula is C22H13F3N2O3. The molecule has 0 unspecified atom stereocenters. The second-order valence-corrected chi connectivity index (χ2v) is 6.49. The number of halogens is 3. The lowest BCUT2D eigenvalue weighted by Crippen LogP contribution is -2.14. The van der Waals surface area contributed by atoms with Gasteiger partial charge in [-0.15, -0.1) is 0 Å². The molecule has 0 fully saturated rings. The van der Waals surface area contributed by atoms with Crippen LogP contribution in [0.25, 0.3) is 10.9 Å². The van der Waals surface area contributed by atoms with Crippen LogP contribution in [0.3, 0.4) is 0 Å². The Kier molecular flexibility index (Phi) is 5.05. The summed E-state index contributed by atoms with van der Waals surface area (Å²) in [5, 5.41) is 0.183. The Hall–Kier alpha value is -3.94. The van der Waals surface area contributed by atoms with Gasteiger partial charge in [0.1, 0.15) is 35.2 Å². The Bertz CT molecular complexity index is 1290. The summed E-state index contributed by atoms with van der Waals surface area (Å²) in [6, 6.07) is 12.2. The van der Waals surface area contributed by atoms with Crippen molar-refractivity contribution < 1.29 is 22.7 Å². The van der Waals surface area contributed by atoms with E-state index < -0.39 is 23.0 Å². The van der Waals surface area contributed by atoms with Gasteiger partial charge < -0.3 is 9.30 Å². The van der Waals surface area contributed by atoms with Gasteiger partial charge in [-0.2, -0.15) is 4.98 Å². The Balaban J connectivity index is 1.71. The summed E-state index contributed by atoms with van der Waals surface area (Å²) in [7, 11) is 0. The van der Waals surface area contributed by atoms with Crippen LogP contribution in [0.15, 0.2) is 65.7 Å². The molecule has 0 aliphatic heterocycles. The topological polar surface area (TPSA) is 61.2 Å². The van der Waals surface area contributed by atoms with Gasteiger partial charge >= 0.3 is 0 Å². The van der Waals surface area contributed by atoms with Gasteiger partial charge in [-0.1, -0.05) is 0 Å². The summed E-state index contributed by atoms with van der Waals surface area (Å²) in [4.78, 5) is 26.7. The predicted octanol–water partition coefficient (Wildman–Crippen LogP) is 4.47. The highest BCUT2D eigenvalue weighted by molar-refractivity contribution is 5.80. The molecule has 4 aromatic rings. The number of carbonyl (C=O) groups is 1. The number of hydrogen-bond acceptors (Lipinski definition) is 4. The third kappa shape index (κ3) is 3.80. The lowest BCUT2D eigenvalue weighted by Gasteiger charge is -2.13. The average Bonchev–Trinajstić information content (AvgIpc) is 2.73. The maximum atomic E-state index is 14.0. The van der Waals surface area contributed by atoms with Crippen molar-refractivity contribution in [2.75, 3.05) is 0 Å². The highest BCUT2D eigenvalue weighted by atomic mass is 19.1. The van der Waals surface area contributed by atoms with Gasteiger partial charge in [0.15, 0.2) is 0 Å². The molecule has 30 heavy (non-hydrogen) atoms. The summed E-state index contributed by atoms with van der Waals surface area (Å²) < 4.78 is 48.3. The highest BCUT2D eigenvalue weighted by Gasteiger charge is 2.14. The fraction of sp³-hybridized carbons (Fsp3) is 0.0455. The van der Waals surface area contributed by atoms with Gasteiger partial charge in [-0.25, -0.2) is 13.2 Å². The molecule has 5 nitrogen and oxygen atoms in total. The van der Waals surface area contributed by atoms with E-state index in [0.717, 1.165) is 0 Å². The molecule has 0 bridgehead atoms. The molecule has 150 valence electrons. The largest absolute Gasteiger partial charge is 0.457 e.